The van der Waals surface area contributed by atoms with Crippen LogP contribution < -0.4 is 33.1 Å². The highest BCUT2D eigenvalue weighted by Crippen LogP contribution is 2.22. The largest absolute Gasteiger partial charge is 0.328 e. The Labute approximate surface area is 236 Å². The molecule has 0 fully saturated rings. The van der Waals surface area contributed by atoms with Crippen molar-refractivity contribution in [2.24, 2.45) is 4.99 Å². The quantitative estimate of drug-likeness (QED) is 0.209. The van der Waals surface area contributed by atoms with Crippen LogP contribution in [0.25, 0.3) is 0 Å². The number of benzene rings is 1. The topological polar surface area (TPSA) is 180 Å². The third-order valence-corrected chi connectivity index (χ3v) is 6.85. The zero-order valence-corrected chi connectivity index (χ0v) is 23.0. The average molecular weight is 578 g/mol. The van der Waals surface area contributed by atoms with Crippen molar-refractivity contribution in [3.05, 3.63) is 106 Å². The van der Waals surface area contributed by atoms with Gasteiger partial charge in [0.2, 0.25) is 11.8 Å². The van der Waals surface area contributed by atoms with Crippen molar-refractivity contribution in [1.29, 1.82) is 0 Å². The number of nitrogens with one attached hydrogen (secondary N) is 4. The Kier molecular flexibility index (Phi) is 9.04. The Morgan fingerprint density at radius 1 is 0.805 bits per heavy atom. The fourth-order valence-electron chi connectivity index (χ4n) is 3.70. The first-order valence-corrected chi connectivity index (χ1v) is 13.3. The third kappa shape index (κ3) is 7.95. The minimum atomic E-state index is -0.563. The number of hydrogen-bond acceptors (Lipinski definition) is 8. The van der Waals surface area contributed by atoms with Crippen LogP contribution in [0, 0.1) is 13.8 Å². The first-order chi connectivity index (χ1) is 19.6. The average Bonchev–Trinajstić information content (AvgIpc) is 3.38. The lowest BCUT2D eigenvalue weighted by molar-refractivity contribution is -0.117. The maximum absolute atomic E-state index is 12.3. The fraction of sp³-hybridized carbons (Fsp3) is 0.222. The number of carbonyl (C=O) groups excluding carboxylic acids is 2. The van der Waals surface area contributed by atoms with Crippen LogP contribution in [-0.4, -0.2) is 37.1 Å². The molecule has 4 aromatic rings. The van der Waals surface area contributed by atoms with E-state index in [0.29, 0.717) is 27.5 Å². The molecule has 14 heteroatoms. The minimum Gasteiger partial charge on any atom is -0.326 e. The lowest BCUT2D eigenvalue weighted by Gasteiger charge is -2.07. The third-order valence-electron chi connectivity index (χ3n) is 5.92. The van der Waals surface area contributed by atoms with Gasteiger partial charge in [0.05, 0.1) is 10.7 Å². The van der Waals surface area contributed by atoms with Crippen molar-refractivity contribution in [3.8, 4) is 0 Å². The summed E-state index contributed by atoms with van der Waals surface area (Å²) in [6, 6.07) is 10.4. The molecule has 4 rings (SSSR count). The van der Waals surface area contributed by atoms with Crippen molar-refractivity contribution in [2.75, 3.05) is 10.6 Å². The summed E-state index contributed by atoms with van der Waals surface area (Å²) >= 11 is 1.33. The SMILES string of the molecule is Cc1cn(CCC(=O)Nc2ccc(/N=C/c3ccc(NC(=O)CCn4cc(C)c(=O)[nH]c4=O)s3)cc2)c(=O)[nH]c1=O. The molecule has 0 spiro atoms. The van der Waals surface area contributed by atoms with Crippen LogP contribution in [0.4, 0.5) is 16.4 Å². The van der Waals surface area contributed by atoms with E-state index in [9.17, 15) is 28.8 Å². The molecule has 3 aromatic heterocycles. The molecule has 13 nitrogen and oxygen atoms in total. The first kappa shape index (κ1) is 28.9. The lowest BCUT2D eigenvalue weighted by atomic mass is 10.2. The minimum absolute atomic E-state index is 0.0495. The van der Waals surface area contributed by atoms with Gasteiger partial charge in [-0.1, -0.05) is 0 Å². The molecule has 212 valence electrons. The number of hydrogen-bond donors (Lipinski definition) is 4. The molecule has 0 bridgehead atoms. The van der Waals surface area contributed by atoms with Crippen LogP contribution in [0.3, 0.4) is 0 Å². The Bertz CT molecular complexity index is 1840. The van der Waals surface area contributed by atoms with Crippen LogP contribution >= 0.6 is 11.3 Å². The lowest BCUT2D eigenvalue weighted by Crippen LogP contribution is -2.31. The second kappa shape index (κ2) is 12.8. The smallest absolute Gasteiger partial charge is 0.326 e. The molecule has 0 radical (unpaired) electrons. The van der Waals surface area contributed by atoms with Gasteiger partial charge in [-0.15, -0.1) is 11.3 Å². The first-order valence-electron chi connectivity index (χ1n) is 12.5. The van der Waals surface area contributed by atoms with Gasteiger partial charge in [-0.3, -0.25) is 43.3 Å². The molecule has 41 heavy (non-hydrogen) atoms. The normalized spacial score (nSPS) is 11.1. The van der Waals surface area contributed by atoms with Gasteiger partial charge < -0.3 is 10.6 Å². The van der Waals surface area contributed by atoms with Crippen molar-refractivity contribution in [1.82, 2.24) is 19.1 Å². The standard InChI is InChI=1S/C27H27N7O6S/c1-16-14-33(26(39)31-24(16)37)11-9-21(35)29-19-5-3-18(4-6-19)28-13-20-7-8-23(41-20)30-22(36)10-12-34-15-17(2)25(38)32-27(34)40/h3-8,13-15H,9-12H2,1-2H3,(H,29,35)(H,30,36)(H,31,37,39)(H,32,38,40)/b28-13+. The summed E-state index contributed by atoms with van der Waals surface area (Å²) in [7, 11) is 0. The van der Waals surface area contributed by atoms with Gasteiger partial charge in [0.25, 0.3) is 11.1 Å². The van der Waals surface area contributed by atoms with E-state index in [-0.39, 0.29) is 37.7 Å². The molecule has 0 unspecified atom stereocenters. The Morgan fingerprint density at radius 2 is 1.34 bits per heavy atom. The summed E-state index contributed by atoms with van der Waals surface area (Å²) in [6.07, 6.45) is 4.61. The number of aromatic amines is 2. The van der Waals surface area contributed by atoms with Gasteiger partial charge in [0, 0.05) is 66.2 Å². The molecule has 0 atom stereocenters. The van der Waals surface area contributed by atoms with Crippen LogP contribution in [0.2, 0.25) is 0 Å². The molecular formula is C27H27N7O6S. The highest BCUT2D eigenvalue weighted by atomic mass is 32.1. The molecule has 0 aliphatic carbocycles. The Hall–Kier alpha value is -5.11. The molecule has 1 aromatic carbocycles. The predicted molar refractivity (Wildman–Crippen MR) is 157 cm³/mol. The van der Waals surface area contributed by atoms with E-state index in [2.05, 4.69) is 25.6 Å². The Balaban J connectivity index is 1.25. The van der Waals surface area contributed by atoms with E-state index in [0.717, 1.165) is 4.88 Å². The second-order valence-electron chi connectivity index (χ2n) is 9.13. The fourth-order valence-corrected chi connectivity index (χ4v) is 4.49. The maximum Gasteiger partial charge on any atom is 0.328 e. The number of rotatable bonds is 10. The number of aryl methyl sites for hydroxylation is 4. The number of thiophene rings is 1. The molecule has 2 amide bonds. The summed E-state index contributed by atoms with van der Waals surface area (Å²) in [5, 5.41) is 6.17. The van der Waals surface area contributed by atoms with Gasteiger partial charge in [0.15, 0.2) is 0 Å². The molecular weight excluding hydrogens is 550 g/mol. The number of aliphatic imine (C=N–C) groups is 1. The van der Waals surface area contributed by atoms with E-state index in [1.165, 1.54) is 32.9 Å². The van der Waals surface area contributed by atoms with E-state index < -0.39 is 22.5 Å². The summed E-state index contributed by atoms with van der Waals surface area (Å²) in [5.74, 6) is -0.560. The van der Waals surface area contributed by atoms with Gasteiger partial charge in [0.1, 0.15) is 0 Å². The predicted octanol–water partition coefficient (Wildman–Crippen LogP) is 1.87. The molecule has 3 heterocycles. The van der Waals surface area contributed by atoms with Crippen LogP contribution in [0.15, 0.2) is 73.0 Å². The molecule has 0 saturated carbocycles. The second-order valence-corrected chi connectivity index (χ2v) is 10.2. The maximum atomic E-state index is 12.3. The number of H-pyrrole nitrogens is 2. The zero-order valence-electron chi connectivity index (χ0n) is 22.2. The van der Waals surface area contributed by atoms with Crippen molar-refractivity contribution in [3.63, 3.8) is 0 Å². The highest BCUT2D eigenvalue weighted by molar-refractivity contribution is 7.17. The number of nitrogens with zero attached hydrogens (tertiary/aromatic N) is 3. The summed E-state index contributed by atoms with van der Waals surface area (Å²) in [6.45, 7) is 3.43. The summed E-state index contributed by atoms with van der Waals surface area (Å²) in [5.41, 5.74) is -0.0240. The zero-order chi connectivity index (χ0) is 29.5. The number of carbonyl (C=O) groups is 2. The van der Waals surface area contributed by atoms with Crippen LogP contribution in [0.1, 0.15) is 28.8 Å². The number of amides is 2. The van der Waals surface area contributed by atoms with Crippen LogP contribution in [-0.2, 0) is 22.7 Å². The van der Waals surface area contributed by atoms with Gasteiger partial charge in [-0.2, -0.15) is 0 Å². The number of anilines is 2. The van der Waals surface area contributed by atoms with Crippen LogP contribution in [0.5, 0.6) is 0 Å². The van der Waals surface area contributed by atoms with Gasteiger partial charge >= 0.3 is 11.4 Å². The Morgan fingerprint density at radius 3 is 1.90 bits per heavy atom. The van der Waals surface area contributed by atoms with E-state index >= 15 is 0 Å². The van der Waals surface area contributed by atoms with Gasteiger partial charge in [-0.25, -0.2) is 9.59 Å². The van der Waals surface area contributed by atoms with E-state index in [1.54, 1.807) is 50.4 Å². The van der Waals surface area contributed by atoms with E-state index in [4.69, 9.17) is 0 Å². The summed E-state index contributed by atoms with van der Waals surface area (Å²) in [4.78, 5) is 80.9. The van der Waals surface area contributed by atoms with Crippen molar-refractivity contribution < 1.29 is 9.59 Å². The monoisotopic (exact) mass is 577 g/mol. The van der Waals surface area contributed by atoms with E-state index in [1.807, 2.05) is 6.07 Å². The van der Waals surface area contributed by atoms with Crippen molar-refractivity contribution >= 4 is 45.7 Å². The van der Waals surface area contributed by atoms with Gasteiger partial charge in [-0.05, 0) is 50.2 Å². The molecule has 0 aliphatic rings. The number of aromatic nitrogens is 4. The van der Waals surface area contributed by atoms with Crippen molar-refractivity contribution in [2.45, 2.75) is 39.8 Å². The summed E-state index contributed by atoms with van der Waals surface area (Å²) < 4.78 is 2.57. The molecule has 0 aliphatic heterocycles. The molecule has 4 N–H and O–H groups in total. The molecule has 0 saturated heterocycles. The highest BCUT2D eigenvalue weighted by Gasteiger charge is 2.08.